The summed E-state index contributed by atoms with van der Waals surface area (Å²) in [6.07, 6.45) is 0. The Kier molecular flexibility index (Phi) is 5.78. The van der Waals surface area contributed by atoms with Gasteiger partial charge in [-0.25, -0.2) is 15.0 Å². The monoisotopic (exact) mass is 575 g/mol. The minimum Gasteiger partial charge on any atom is -0.456 e. The van der Waals surface area contributed by atoms with Crippen molar-refractivity contribution in [2.75, 3.05) is 0 Å². The molecule has 2 heterocycles. The average molecular weight is 576 g/mol. The number of rotatable bonds is 4. The van der Waals surface area contributed by atoms with Crippen LogP contribution in [0.2, 0.25) is 0 Å². The normalized spacial score (nSPS) is 11.6. The molecule has 4 heteroatoms. The zero-order chi connectivity index (χ0) is 29.7. The van der Waals surface area contributed by atoms with Gasteiger partial charge < -0.3 is 4.42 Å². The van der Waals surface area contributed by atoms with E-state index in [1.54, 1.807) is 0 Å². The topological polar surface area (TPSA) is 51.8 Å². The minimum absolute atomic E-state index is 0.609. The van der Waals surface area contributed by atoms with Gasteiger partial charge in [0.2, 0.25) is 0 Å². The fourth-order valence-corrected chi connectivity index (χ4v) is 6.39. The van der Waals surface area contributed by atoms with Crippen LogP contribution in [-0.4, -0.2) is 15.0 Å². The smallest absolute Gasteiger partial charge is 0.164 e. The van der Waals surface area contributed by atoms with Crippen molar-refractivity contribution in [3.8, 4) is 45.3 Å². The van der Waals surface area contributed by atoms with Crippen LogP contribution in [0, 0.1) is 0 Å². The van der Waals surface area contributed by atoms with E-state index >= 15 is 0 Å². The molecule has 0 amide bonds. The lowest BCUT2D eigenvalue weighted by atomic mass is 9.93. The van der Waals surface area contributed by atoms with E-state index in [1.807, 2.05) is 66.7 Å². The van der Waals surface area contributed by atoms with E-state index in [9.17, 15) is 0 Å². The molecule has 9 aromatic rings. The van der Waals surface area contributed by atoms with Gasteiger partial charge in [-0.1, -0.05) is 127 Å². The summed E-state index contributed by atoms with van der Waals surface area (Å²) >= 11 is 0. The number of fused-ring (bicyclic) bond motifs is 6. The van der Waals surface area contributed by atoms with Crippen molar-refractivity contribution < 1.29 is 4.42 Å². The Bertz CT molecular complexity index is 2540. The van der Waals surface area contributed by atoms with Crippen LogP contribution in [0.15, 0.2) is 156 Å². The molecule has 2 aromatic heterocycles. The molecule has 0 aliphatic carbocycles. The van der Waals surface area contributed by atoms with Crippen LogP contribution in [0.25, 0.3) is 88.8 Å². The molecule has 0 atom stereocenters. The molecule has 45 heavy (non-hydrogen) atoms. The molecule has 0 bridgehead atoms. The van der Waals surface area contributed by atoms with Crippen molar-refractivity contribution in [1.82, 2.24) is 15.0 Å². The maximum atomic E-state index is 6.23. The zero-order valence-corrected chi connectivity index (χ0v) is 24.2. The van der Waals surface area contributed by atoms with Crippen molar-refractivity contribution in [2.45, 2.75) is 0 Å². The third-order valence-electron chi connectivity index (χ3n) is 8.52. The summed E-state index contributed by atoms with van der Waals surface area (Å²) < 4.78 is 6.23. The first kappa shape index (κ1) is 25.4. The van der Waals surface area contributed by atoms with Gasteiger partial charge in [0.15, 0.2) is 17.5 Å². The molecule has 0 saturated carbocycles. The maximum Gasteiger partial charge on any atom is 0.164 e. The Morgan fingerprint density at radius 2 is 1.00 bits per heavy atom. The third kappa shape index (κ3) is 4.27. The lowest BCUT2D eigenvalue weighted by Gasteiger charge is -2.14. The lowest BCUT2D eigenvalue weighted by molar-refractivity contribution is 0.669. The van der Waals surface area contributed by atoms with Crippen molar-refractivity contribution in [1.29, 1.82) is 0 Å². The van der Waals surface area contributed by atoms with Crippen molar-refractivity contribution in [3.05, 3.63) is 152 Å². The number of hydrogen-bond acceptors (Lipinski definition) is 4. The van der Waals surface area contributed by atoms with Gasteiger partial charge in [0.05, 0.1) is 0 Å². The molecule has 0 spiro atoms. The highest BCUT2D eigenvalue weighted by molar-refractivity contribution is 6.15. The zero-order valence-electron chi connectivity index (χ0n) is 24.2. The minimum atomic E-state index is 0.609. The highest BCUT2D eigenvalue weighted by atomic mass is 16.3. The summed E-state index contributed by atoms with van der Waals surface area (Å²) in [6.45, 7) is 0. The summed E-state index contributed by atoms with van der Waals surface area (Å²) in [4.78, 5) is 15.4. The van der Waals surface area contributed by atoms with E-state index in [-0.39, 0.29) is 0 Å². The van der Waals surface area contributed by atoms with E-state index in [0.29, 0.717) is 17.5 Å². The largest absolute Gasteiger partial charge is 0.456 e. The van der Waals surface area contributed by atoms with Gasteiger partial charge >= 0.3 is 0 Å². The molecule has 7 aromatic carbocycles. The van der Waals surface area contributed by atoms with E-state index in [2.05, 4.69) is 84.9 Å². The van der Waals surface area contributed by atoms with Crippen molar-refractivity contribution >= 4 is 43.5 Å². The molecule has 0 fully saturated rings. The Morgan fingerprint density at radius 3 is 1.82 bits per heavy atom. The van der Waals surface area contributed by atoms with Gasteiger partial charge in [-0.2, -0.15) is 0 Å². The quantitative estimate of drug-likeness (QED) is 0.196. The Hall–Kier alpha value is -6.13. The van der Waals surface area contributed by atoms with Gasteiger partial charge in [-0.15, -0.1) is 0 Å². The first-order valence-corrected chi connectivity index (χ1v) is 15.0. The predicted molar refractivity (Wildman–Crippen MR) is 184 cm³/mol. The second kappa shape index (κ2) is 10.2. The molecular weight excluding hydrogens is 550 g/mol. The SMILES string of the molecule is c1ccc(-c2ccc3c(-c4nc(-c5ccccc5)nc(-c5cccc6oc7ccccc7c56)n4)cc4ccccc4c3c2)cc1. The fourth-order valence-electron chi connectivity index (χ4n) is 6.39. The number of para-hydroxylation sites is 1. The predicted octanol–water partition coefficient (Wildman–Crippen LogP) is 10.7. The number of hydrogen-bond donors (Lipinski definition) is 0. The van der Waals surface area contributed by atoms with Crippen molar-refractivity contribution in [2.24, 2.45) is 0 Å². The van der Waals surface area contributed by atoms with Crippen LogP contribution < -0.4 is 0 Å². The van der Waals surface area contributed by atoms with Crippen LogP contribution in [-0.2, 0) is 0 Å². The van der Waals surface area contributed by atoms with Crippen LogP contribution in [0.3, 0.4) is 0 Å². The highest BCUT2D eigenvalue weighted by Crippen LogP contribution is 2.39. The molecule has 0 aliphatic heterocycles. The average Bonchev–Trinajstić information content (AvgIpc) is 3.51. The summed E-state index contributed by atoms with van der Waals surface area (Å²) in [5.74, 6) is 1.87. The Morgan fingerprint density at radius 1 is 0.356 bits per heavy atom. The lowest BCUT2D eigenvalue weighted by Crippen LogP contribution is -2.01. The molecule has 9 rings (SSSR count). The summed E-state index contributed by atoms with van der Waals surface area (Å²) in [5.41, 5.74) is 6.81. The third-order valence-corrected chi connectivity index (χ3v) is 8.52. The van der Waals surface area contributed by atoms with Crippen LogP contribution in [0.4, 0.5) is 0 Å². The van der Waals surface area contributed by atoms with E-state index in [1.165, 1.54) is 16.5 Å². The summed E-state index contributed by atoms with van der Waals surface area (Å²) in [7, 11) is 0. The van der Waals surface area contributed by atoms with Crippen molar-refractivity contribution in [3.63, 3.8) is 0 Å². The number of nitrogens with zero attached hydrogens (tertiary/aromatic N) is 3. The van der Waals surface area contributed by atoms with Gasteiger partial charge in [-0.05, 0) is 56.9 Å². The summed E-state index contributed by atoms with van der Waals surface area (Å²) in [5, 5.41) is 6.63. The number of furan rings is 1. The molecule has 0 aliphatic rings. The summed E-state index contributed by atoms with van der Waals surface area (Å²) in [6, 6.07) is 52.2. The molecule has 0 unspecified atom stereocenters. The van der Waals surface area contributed by atoms with Crippen LogP contribution >= 0.6 is 0 Å². The molecular formula is C41H25N3O. The number of aromatic nitrogens is 3. The van der Waals surface area contributed by atoms with Gasteiger partial charge in [-0.3, -0.25) is 0 Å². The van der Waals surface area contributed by atoms with E-state index in [0.717, 1.165) is 54.8 Å². The first-order chi connectivity index (χ1) is 22.3. The Labute approximate surface area is 259 Å². The van der Waals surface area contributed by atoms with Crippen LogP contribution in [0.1, 0.15) is 0 Å². The van der Waals surface area contributed by atoms with E-state index < -0.39 is 0 Å². The first-order valence-electron chi connectivity index (χ1n) is 15.0. The Balaban J connectivity index is 1.34. The molecule has 0 saturated heterocycles. The van der Waals surface area contributed by atoms with Gasteiger partial charge in [0, 0.05) is 27.5 Å². The standard InChI is InChI=1S/C41H25N3O/c1-3-12-26(13-4-1)28-22-23-31-34(24-28)30-17-8-7-16-29(30)25-35(31)41-43-39(27-14-5-2-6-15-27)42-40(44-41)33-19-11-21-37-38(33)32-18-9-10-20-36(32)45-37/h1-25H. The molecule has 0 radical (unpaired) electrons. The van der Waals surface area contributed by atoms with Crippen LogP contribution in [0.5, 0.6) is 0 Å². The molecule has 0 N–H and O–H groups in total. The van der Waals surface area contributed by atoms with Gasteiger partial charge in [0.1, 0.15) is 11.2 Å². The van der Waals surface area contributed by atoms with Gasteiger partial charge in [0.25, 0.3) is 0 Å². The second-order valence-corrected chi connectivity index (χ2v) is 11.2. The highest BCUT2D eigenvalue weighted by Gasteiger charge is 2.19. The maximum absolute atomic E-state index is 6.23. The fraction of sp³-hybridized carbons (Fsp3) is 0. The second-order valence-electron chi connectivity index (χ2n) is 11.2. The molecule has 210 valence electrons. The molecule has 4 nitrogen and oxygen atoms in total. The number of benzene rings is 7. The van der Waals surface area contributed by atoms with E-state index in [4.69, 9.17) is 19.4 Å².